The molecule has 3 aromatic rings. The van der Waals surface area contributed by atoms with E-state index < -0.39 is 5.91 Å². The molecule has 0 unspecified atom stereocenters. The second-order valence-corrected chi connectivity index (χ2v) is 7.42. The highest BCUT2D eigenvalue weighted by atomic mass is 35.5. The summed E-state index contributed by atoms with van der Waals surface area (Å²) in [5.74, 6) is 1.08. The van der Waals surface area contributed by atoms with Gasteiger partial charge >= 0.3 is 0 Å². The van der Waals surface area contributed by atoms with E-state index in [1.54, 1.807) is 36.4 Å². The third kappa shape index (κ3) is 7.18. The Balaban J connectivity index is 1.59. The highest BCUT2D eigenvalue weighted by Crippen LogP contribution is 2.37. The van der Waals surface area contributed by atoms with Gasteiger partial charge in [-0.1, -0.05) is 53.5 Å². The van der Waals surface area contributed by atoms with Gasteiger partial charge in [0.2, 0.25) is 0 Å². The topological polar surface area (TPSA) is 69.2 Å². The van der Waals surface area contributed by atoms with E-state index in [-0.39, 0.29) is 6.61 Å². The molecule has 0 aliphatic carbocycles. The second kappa shape index (κ2) is 12.0. The Morgan fingerprint density at radius 3 is 2.47 bits per heavy atom. The van der Waals surface area contributed by atoms with E-state index in [4.69, 9.17) is 37.4 Å². The lowest BCUT2D eigenvalue weighted by molar-refractivity contribution is -0.123. The molecule has 0 atom stereocenters. The van der Waals surface area contributed by atoms with Crippen molar-refractivity contribution in [1.82, 2.24) is 5.43 Å². The molecule has 1 amide bonds. The van der Waals surface area contributed by atoms with Crippen molar-refractivity contribution >= 4 is 35.3 Å². The third-order valence-electron chi connectivity index (χ3n) is 4.14. The highest BCUT2D eigenvalue weighted by Gasteiger charge is 2.12. The van der Waals surface area contributed by atoms with Crippen LogP contribution in [0, 0.1) is 0 Å². The number of ether oxygens (including phenoxy) is 3. The number of hydrogen-bond acceptors (Lipinski definition) is 5. The maximum absolute atomic E-state index is 11.9. The van der Waals surface area contributed by atoms with Gasteiger partial charge in [-0.15, -0.1) is 0 Å². The Morgan fingerprint density at radius 1 is 1.00 bits per heavy atom. The monoisotopic (exact) mass is 472 g/mol. The molecular weight excluding hydrogens is 451 g/mol. The third-order valence-corrected chi connectivity index (χ3v) is 4.68. The Hall–Kier alpha value is -3.22. The summed E-state index contributed by atoms with van der Waals surface area (Å²) in [5, 5.41) is 4.92. The molecule has 0 aliphatic rings. The lowest BCUT2D eigenvalue weighted by Crippen LogP contribution is -2.24. The maximum atomic E-state index is 11.9. The van der Waals surface area contributed by atoms with E-state index in [0.717, 1.165) is 5.56 Å². The molecule has 6 nitrogen and oxygen atoms in total. The zero-order chi connectivity index (χ0) is 22.8. The molecule has 1 N–H and O–H groups in total. The fourth-order valence-electron chi connectivity index (χ4n) is 2.69. The first-order valence-corrected chi connectivity index (χ1v) is 10.6. The predicted octanol–water partition coefficient (Wildman–Crippen LogP) is 5.50. The molecule has 0 aliphatic heterocycles. The highest BCUT2D eigenvalue weighted by molar-refractivity contribution is 6.32. The summed E-state index contributed by atoms with van der Waals surface area (Å²) in [5.41, 5.74) is 4.07. The van der Waals surface area contributed by atoms with Crippen molar-refractivity contribution in [3.8, 4) is 17.2 Å². The Labute approximate surface area is 196 Å². The minimum Gasteiger partial charge on any atom is -0.490 e. The van der Waals surface area contributed by atoms with Crippen LogP contribution < -0.4 is 19.6 Å². The molecule has 0 saturated carbocycles. The first kappa shape index (κ1) is 23.4. The quantitative estimate of drug-likeness (QED) is 0.312. The maximum Gasteiger partial charge on any atom is 0.277 e. The number of hydrazone groups is 1. The van der Waals surface area contributed by atoms with E-state index in [9.17, 15) is 4.79 Å². The summed E-state index contributed by atoms with van der Waals surface area (Å²) in [7, 11) is 0. The van der Waals surface area contributed by atoms with Crippen molar-refractivity contribution in [2.75, 3.05) is 13.2 Å². The molecule has 8 heteroatoms. The zero-order valence-corrected chi connectivity index (χ0v) is 18.9. The van der Waals surface area contributed by atoms with Crippen LogP contribution >= 0.6 is 23.2 Å². The number of carbonyl (C=O) groups excluding carboxylic acids is 1. The number of amides is 1. The van der Waals surface area contributed by atoms with Gasteiger partial charge in [0.15, 0.2) is 18.1 Å². The van der Waals surface area contributed by atoms with Gasteiger partial charge in [0.1, 0.15) is 12.4 Å². The van der Waals surface area contributed by atoms with Gasteiger partial charge in [-0.05, 0) is 54.4 Å². The predicted molar refractivity (Wildman–Crippen MR) is 126 cm³/mol. The largest absolute Gasteiger partial charge is 0.490 e. The van der Waals surface area contributed by atoms with Gasteiger partial charge in [0.25, 0.3) is 5.91 Å². The number of halogens is 2. The number of nitrogens with zero attached hydrogens (tertiary/aromatic N) is 1. The molecule has 32 heavy (non-hydrogen) atoms. The fraction of sp³-hybridized carbons (Fsp3) is 0.167. The van der Waals surface area contributed by atoms with E-state index >= 15 is 0 Å². The van der Waals surface area contributed by atoms with Crippen LogP contribution in [0.2, 0.25) is 10.0 Å². The normalized spacial score (nSPS) is 10.7. The SMILES string of the molecule is CCOc1cc(/C=N\NC(=O)COc2ccc(Cl)cc2)cc(Cl)c1OCc1ccccc1. The summed E-state index contributed by atoms with van der Waals surface area (Å²) >= 11 is 12.2. The molecule has 0 spiro atoms. The van der Waals surface area contributed by atoms with E-state index in [0.29, 0.717) is 46.1 Å². The summed E-state index contributed by atoms with van der Waals surface area (Å²) in [6.45, 7) is 2.49. The van der Waals surface area contributed by atoms with Crippen LogP contribution in [0.25, 0.3) is 0 Å². The molecule has 3 rings (SSSR count). The lowest BCUT2D eigenvalue weighted by atomic mass is 10.2. The van der Waals surface area contributed by atoms with Crippen LogP contribution in [0.1, 0.15) is 18.1 Å². The average molecular weight is 473 g/mol. The van der Waals surface area contributed by atoms with E-state index in [2.05, 4.69) is 10.5 Å². The van der Waals surface area contributed by atoms with Crippen molar-refractivity contribution in [2.24, 2.45) is 5.10 Å². The second-order valence-electron chi connectivity index (χ2n) is 6.57. The molecular formula is C24H22Cl2N2O4. The van der Waals surface area contributed by atoms with Crippen molar-refractivity contribution in [1.29, 1.82) is 0 Å². The fourth-order valence-corrected chi connectivity index (χ4v) is 3.09. The molecule has 0 bridgehead atoms. The molecule has 0 heterocycles. The standard InChI is InChI=1S/C24H22Cl2N2O4/c1-2-30-22-13-18(12-21(26)24(22)32-15-17-6-4-3-5-7-17)14-27-28-23(29)16-31-20-10-8-19(25)9-11-20/h3-14H,2,15-16H2,1H3,(H,28,29)/b27-14-. The van der Waals surface area contributed by atoms with Gasteiger partial charge in [0.05, 0.1) is 17.8 Å². The van der Waals surface area contributed by atoms with Crippen LogP contribution in [-0.4, -0.2) is 25.3 Å². The smallest absolute Gasteiger partial charge is 0.277 e. The minimum atomic E-state index is -0.407. The zero-order valence-electron chi connectivity index (χ0n) is 17.4. The molecule has 0 radical (unpaired) electrons. The molecule has 0 aromatic heterocycles. The summed E-state index contributed by atoms with van der Waals surface area (Å²) in [4.78, 5) is 11.9. The average Bonchev–Trinajstić information content (AvgIpc) is 2.79. The van der Waals surface area contributed by atoms with Gasteiger partial charge in [-0.2, -0.15) is 5.10 Å². The molecule has 166 valence electrons. The molecule has 3 aromatic carbocycles. The van der Waals surface area contributed by atoms with E-state index in [1.807, 2.05) is 37.3 Å². The van der Waals surface area contributed by atoms with E-state index in [1.165, 1.54) is 6.21 Å². The first-order valence-electron chi connectivity index (χ1n) is 9.88. The number of hydrogen-bond donors (Lipinski definition) is 1. The van der Waals surface area contributed by atoms with Gasteiger partial charge in [-0.25, -0.2) is 5.43 Å². The van der Waals surface area contributed by atoms with Crippen LogP contribution in [0.3, 0.4) is 0 Å². The van der Waals surface area contributed by atoms with Crippen LogP contribution in [0.5, 0.6) is 17.2 Å². The number of rotatable bonds is 10. The first-order chi connectivity index (χ1) is 15.5. The van der Waals surface area contributed by atoms with Crippen molar-refractivity contribution in [3.63, 3.8) is 0 Å². The Bertz CT molecular complexity index is 1060. The summed E-state index contributed by atoms with van der Waals surface area (Å²) < 4.78 is 16.9. The molecule has 0 saturated heterocycles. The van der Waals surface area contributed by atoms with Gasteiger partial charge in [-0.3, -0.25) is 4.79 Å². The minimum absolute atomic E-state index is 0.184. The van der Waals surface area contributed by atoms with Crippen molar-refractivity contribution in [2.45, 2.75) is 13.5 Å². The Kier molecular flexibility index (Phi) is 8.78. The van der Waals surface area contributed by atoms with Gasteiger partial charge < -0.3 is 14.2 Å². The lowest BCUT2D eigenvalue weighted by Gasteiger charge is -2.14. The van der Waals surface area contributed by atoms with Crippen molar-refractivity contribution in [3.05, 3.63) is 87.9 Å². The van der Waals surface area contributed by atoms with Gasteiger partial charge in [0, 0.05) is 5.02 Å². The number of carbonyl (C=O) groups is 1. The number of nitrogens with one attached hydrogen (secondary N) is 1. The Morgan fingerprint density at radius 2 is 1.75 bits per heavy atom. The van der Waals surface area contributed by atoms with Crippen LogP contribution in [0.15, 0.2) is 71.8 Å². The summed E-state index contributed by atoms with van der Waals surface area (Å²) in [6, 6.07) is 19.9. The molecule has 0 fully saturated rings. The van der Waals surface area contributed by atoms with Crippen molar-refractivity contribution < 1.29 is 19.0 Å². The summed E-state index contributed by atoms with van der Waals surface area (Å²) in [6.07, 6.45) is 1.47. The van der Waals surface area contributed by atoms with Crippen LogP contribution in [-0.2, 0) is 11.4 Å². The number of benzene rings is 3. The van der Waals surface area contributed by atoms with Crippen LogP contribution in [0.4, 0.5) is 0 Å².